The fourth-order valence-electron chi connectivity index (χ4n) is 2.49. The van der Waals surface area contributed by atoms with E-state index in [9.17, 15) is 0 Å². The lowest BCUT2D eigenvalue weighted by molar-refractivity contribution is 0.0389. The van der Waals surface area contributed by atoms with E-state index in [1.54, 1.807) is 0 Å². The highest BCUT2D eigenvalue weighted by atomic mass is 15.4. The number of nitrogens with zero attached hydrogens (tertiary/aromatic N) is 2. The van der Waals surface area contributed by atoms with E-state index in [0.29, 0.717) is 19.3 Å². The first-order chi connectivity index (χ1) is 8.83. The number of hydrogen-bond acceptors (Lipinski definition) is 6. The van der Waals surface area contributed by atoms with Gasteiger partial charge in [-0.05, 0) is 6.54 Å². The Morgan fingerprint density at radius 1 is 1.28 bits per heavy atom. The normalized spacial score (nSPS) is 19.3. The molecule has 6 heteroatoms. The van der Waals surface area contributed by atoms with Crippen LogP contribution in [0.1, 0.15) is 6.92 Å². The molecule has 0 amide bonds. The topological polar surface area (TPSA) is 82.6 Å². The Balaban J connectivity index is 2.53. The molecule has 0 radical (unpaired) electrons. The van der Waals surface area contributed by atoms with Crippen LogP contribution >= 0.6 is 0 Å². The lowest BCUT2D eigenvalue weighted by atomic mass is 10.2. The zero-order valence-electron chi connectivity index (χ0n) is 11.7. The molecular weight excluding hydrogens is 228 g/mol. The Morgan fingerprint density at radius 3 is 2.56 bits per heavy atom. The van der Waals surface area contributed by atoms with E-state index < -0.39 is 0 Å². The average Bonchev–Trinajstić information content (AvgIpc) is 2.43. The van der Waals surface area contributed by atoms with Crippen molar-refractivity contribution in [2.75, 3.05) is 65.4 Å². The van der Waals surface area contributed by atoms with Crippen molar-refractivity contribution >= 4 is 0 Å². The second-order valence-corrected chi connectivity index (χ2v) is 4.68. The highest BCUT2D eigenvalue weighted by molar-refractivity contribution is 4.79. The molecule has 6 nitrogen and oxygen atoms in total. The maximum absolute atomic E-state index is 5.71. The van der Waals surface area contributed by atoms with Crippen molar-refractivity contribution in [3.8, 4) is 0 Å². The van der Waals surface area contributed by atoms with Crippen LogP contribution in [-0.2, 0) is 0 Å². The fourth-order valence-corrected chi connectivity index (χ4v) is 2.49. The van der Waals surface area contributed by atoms with Crippen molar-refractivity contribution in [1.82, 2.24) is 20.4 Å². The van der Waals surface area contributed by atoms with E-state index >= 15 is 0 Å². The van der Waals surface area contributed by atoms with E-state index in [1.807, 2.05) is 0 Å². The molecule has 0 bridgehead atoms. The van der Waals surface area contributed by atoms with Gasteiger partial charge in [-0.1, -0.05) is 6.92 Å². The van der Waals surface area contributed by atoms with Crippen LogP contribution in [0.5, 0.6) is 0 Å². The third-order valence-electron chi connectivity index (χ3n) is 3.47. The smallest absolute Gasteiger partial charge is 0.0752 e. The third-order valence-corrected chi connectivity index (χ3v) is 3.47. The quantitative estimate of drug-likeness (QED) is 0.360. The molecule has 108 valence electrons. The minimum atomic E-state index is 0.437. The zero-order valence-corrected chi connectivity index (χ0v) is 11.7. The van der Waals surface area contributed by atoms with Gasteiger partial charge in [-0.2, -0.15) is 0 Å². The van der Waals surface area contributed by atoms with Crippen LogP contribution in [0.15, 0.2) is 0 Å². The molecule has 1 atom stereocenters. The van der Waals surface area contributed by atoms with Crippen LogP contribution in [0.25, 0.3) is 0 Å². The van der Waals surface area contributed by atoms with Crippen LogP contribution in [0.4, 0.5) is 0 Å². The van der Waals surface area contributed by atoms with Gasteiger partial charge in [0.15, 0.2) is 0 Å². The summed E-state index contributed by atoms with van der Waals surface area (Å²) in [5.74, 6) is 0. The van der Waals surface area contributed by atoms with E-state index in [-0.39, 0.29) is 0 Å². The predicted octanol–water partition coefficient (Wildman–Crippen LogP) is -1.95. The summed E-state index contributed by atoms with van der Waals surface area (Å²) in [6.07, 6.45) is 0.437. The Morgan fingerprint density at radius 2 is 2.00 bits per heavy atom. The predicted molar refractivity (Wildman–Crippen MR) is 76.5 cm³/mol. The minimum Gasteiger partial charge on any atom is -0.329 e. The molecule has 0 aliphatic carbocycles. The van der Waals surface area contributed by atoms with Crippen molar-refractivity contribution in [1.29, 1.82) is 0 Å². The first-order valence-electron chi connectivity index (χ1n) is 7.13. The highest BCUT2D eigenvalue weighted by Crippen LogP contribution is 2.06. The summed E-state index contributed by atoms with van der Waals surface area (Å²) in [4.78, 5) is 4.99. The fraction of sp³-hybridized carbons (Fsp3) is 1.00. The number of likely N-dealkylation sites (N-methyl/N-ethyl adjacent to an activating group) is 1. The molecular formula is C12H30N6. The molecule has 1 aliphatic heterocycles. The maximum Gasteiger partial charge on any atom is 0.0752 e. The second kappa shape index (κ2) is 9.66. The molecule has 1 heterocycles. The SMILES string of the molecule is CCN(CCN)C(CNCCN)N1CCNCC1. The van der Waals surface area contributed by atoms with Crippen LogP contribution in [-0.4, -0.2) is 81.4 Å². The second-order valence-electron chi connectivity index (χ2n) is 4.68. The summed E-state index contributed by atoms with van der Waals surface area (Å²) in [6, 6.07) is 0. The van der Waals surface area contributed by atoms with Crippen molar-refractivity contribution < 1.29 is 0 Å². The van der Waals surface area contributed by atoms with Gasteiger partial charge in [0.05, 0.1) is 6.17 Å². The van der Waals surface area contributed by atoms with Gasteiger partial charge in [0.25, 0.3) is 0 Å². The van der Waals surface area contributed by atoms with Gasteiger partial charge in [0, 0.05) is 58.9 Å². The van der Waals surface area contributed by atoms with Crippen molar-refractivity contribution in [2.45, 2.75) is 13.1 Å². The standard InChI is InChI=1S/C12H30N6/c1-2-17(8-4-14)12(11-16-5-3-13)18-9-6-15-7-10-18/h12,15-16H,2-11,13-14H2,1H3. The van der Waals surface area contributed by atoms with Gasteiger partial charge in [0.1, 0.15) is 0 Å². The van der Waals surface area contributed by atoms with Gasteiger partial charge in [-0.3, -0.25) is 9.80 Å². The average molecular weight is 258 g/mol. The first kappa shape index (κ1) is 15.8. The number of nitrogens with two attached hydrogens (primary N) is 2. The number of piperazine rings is 1. The maximum atomic E-state index is 5.71. The summed E-state index contributed by atoms with van der Waals surface area (Å²) >= 11 is 0. The molecule has 1 saturated heterocycles. The van der Waals surface area contributed by atoms with Gasteiger partial charge in [0.2, 0.25) is 0 Å². The van der Waals surface area contributed by atoms with Crippen molar-refractivity contribution in [3.63, 3.8) is 0 Å². The van der Waals surface area contributed by atoms with Crippen LogP contribution in [0, 0.1) is 0 Å². The lowest BCUT2D eigenvalue weighted by Crippen LogP contribution is -2.59. The van der Waals surface area contributed by atoms with Gasteiger partial charge in [-0.25, -0.2) is 0 Å². The lowest BCUT2D eigenvalue weighted by Gasteiger charge is -2.41. The summed E-state index contributed by atoms with van der Waals surface area (Å²) in [5, 5.41) is 6.84. The number of nitrogens with one attached hydrogen (secondary N) is 2. The molecule has 1 unspecified atom stereocenters. The Hall–Kier alpha value is -0.240. The number of hydrogen-bond donors (Lipinski definition) is 4. The van der Waals surface area contributed by atoms with E-state index in [0.717, 1.165) is 52.4 Å². The van der Waals surface area contributed by atoms with Gasteiger partial charge < -0.3 is 22.1 Å². The van der Waals surface area contributed by atoms with Crippen molar-refractivity contribution in [3.05, 3.63) is 0 Å². The van der Waals surface area contributed by atoms with Crippen LogP contribution in [0.2, 0.25) is 0 Å². The van der Waals surface area contributed by atoms with Crippen LogP contribution < -0.4 is 22.1 Å². The van der Waals surface area contributed by atoms with E-state index in [1.165, 1.54) is 0 Å². The van der Waals surface area contributed by atoms with Gasteiger partial charge in [-0.15, -0.1) is 0 Å². The summed E-state index contributed by atoms with van der Waals surface area (Å²) < 4.78 is 0. The molecule has 1 fully saturated rings. The molecule has 0 spiro atoms. The largest absolute Gasteiger partial charge is 0.329 e. The molecule has 0 aromatic heterocycles. The highest BCUT2D eigenvalue weighted by Gasteiger charge is 2.24. The molecule has 6 N–H and O–H groups in total. The summed E-state index contributed by atoms with van der Waals surface area (Å²) in [7, 11) is 0. The van der Waals surface area contributed by atoms with Crippen molar-refractivity contribution in [2.24, 2.45) is 11.5 Å². The van der Waals surface area contributed by atoms with E-state index in [2.05, 4.69) is 27.4 Å². The molecule has 1 rings (SSSR count). The molecule has 0 aromatic rings. The number of rotatable bonds is 9. The Kier molecular flexibility index (Phi) is 8.49. The summed E-state index contributed by atoms with van der Waals surface area (Å²) in [5.41, 5.74) is 11.3. The molecule has 0 saturated carbocycles. The minimum absolute atomic E-state index is 0.437. The summed E-state index contributed by atoms with van der Waals surface area (Å²) in [6.45, 7) is 11.8. The van der Waals surface area contributed by atoms with E-state index in [4.69, 9.17) is 11.5 Å². The zero-order chi connectivity index (χ0) is 13.2. The first-order valence-corrected chi connectivity index (χ1v) is 7.13. The Labute approximate surface area is 111 Å². The third kappa shape index (κ3) is 5.17. The monoisotopic (exact) mass is 258 g/mol. The van der Waals surface area contributed by atoms with Crippen LogP contribution in [0.3, 0.4) is 0 Å². The Bertz CT molecular complexity index is 190. The van der Waals surface area contributed by atoms with Gasteiger partial charge >= 0.3 is 0 Å². The molecule has 1 aliphatic rings. The molecule has 0 aromatic carbocycles. The molecule has 18 heavy (non-hydrogen) atoms.